The van der Waals surface area contributed by atoms with Crippen LogP contribution in [0.1, 0.15) is 39.2 Å². The van der Waals surface area contributed by atoms with Crippen LogP contribution in [0.25, 0.3) is 0 Å². The maximum Gasteiger partial charge on any atom is 0.239 e. The largest absolute Gasteiger partial charge is 0.325 e. The quantitative estimate of drug-likeness (QED) is 0.674. The summed E-state index contributed by atoms with van der Waals surface area (Å²) >= 11 is 0. The fraction of sp³-hybridized carbons (Fsp3) is 0.500. The van der Waals surface area contributed by atoms with Crippen molar-refractivity contribution in [3.63, 3.8) is 0 Å². The van der Waals surface area contributed by atoms with Gasteiger partial charge >= 0.3 is 0 Å². The summed E-state index contributed by atoms with van der Waals surface area (Å²) in [6.45, 7) is 7.53. The number of carbonyl (C=O) groups excluding carboxylic acids is 3. The lowest BCUT2D eigenvalue weighted by Gasteiger charge is -2.37. The first-order chi connectivity index (χ1) is 10.2. The van der Waals surface area contributed by atoms with Gasteiger partial charge in [-0.25, -0.2) is 0 Å². The van der Waals surface area contributed by atoms with E-state index in [9.17, 15) is 14.4 Å². The Bertz CT molecular complexity index is 689. The molecule has 0 radical (unpaired) electrons. The van der Waals surface area contributed by atoms with Gasteiger partial charge in [0.15, 0.2) is 0 Å². The fourth-order valence-electron chi connectivity index (χ4n) is 4.15. The normalized spacial score (nSPS) is 32.4. The van der Waals surface area contributed by atoms with Crippen molar-refractivity contribution in [2.45, 2.75) is 40.5 Å². The van der Waals surface area contributed by atoms with Crippen molar-refractivity contribution in [1.82, 2.24) is 0 Å². The predicted molar refractivity (Wildman–Crippen MR) is 83.4 cm³/mol. The van der Waals surface area contributed by atoms with Crippen LogP contribution in [-0.4, -0.2) is 17.5 Å². The molecule has 1 amide bonds. The van der Waals surface area contributed by atoms with E-state index in [2.05, 4.69) is 5.32 Å². The molecular weight excluding hydrogens is 278 g/mol. The smallest absolute Gasteiger partial charge is 0.239 e. The average Bonchev–Trinajstić information content (AvgIpc) is 2.74. The molecule has 1 aromatic carbocycles. The van der Waals surface area contributed by atoms with E-state index in [1.807, 2.05) is 52.0 Å². The molecule has 0 saturated heterocycles. The van der Waals surface area contributed by atoms with Gasteiger partial charge in [-0.3, -0.25) is 14.4 Å². The van der Waals surface area contributed by atoms with Crippen molar-refractivity contribution in [2.24, 2.45) is 16.2 Å². The number of rotatable bonds is 2. The van der Waals surface area contributed by atoms with E-state index in [1.54, 1.807) is 0 Å². The minimum absolute atomic E-state index is 0.346. The lowest BCUT2D eigenvalue weighted by molar-refractivity contribution is -0.147. The van der Waals surface area contributed by atoms with Crippen molar-refractivity contribution >= 4 is 23.2 Å². The van der Waals surface area contributed by atoms with E-state index in [0.29, 0.717) is 18.5 Å². The number of ketones is 2. The van der Waals surface area contributed by atoms with E-state index in [1.165, 1.54) is 0 Å². The third-order valence-corrected chi connectivity index (χ3v) is 6.24. The van der Waals surface area contributed by atoms with Crippen LogP contribution in [0, 0.1) is 23.2 Å². The lowest BCUT2D eigenvalue weighted by atomic mass is 9.64. The van der Waals surface area contributed by atoms with Crippen LogP contribution < -0.4 is 5.32 Å². The molecule has 0 heterocycles. The van der Waals surface area contributed by atoms with Crippen molar-refractivity contribution in [3.05, 3.63) is 29.8 Å². The molecule has 2 aliphatic rings. The van der Waals surface area contributed by atoms with E-state index < -0.39 is 22.0 Å². The molecule has 4 heteroatoms. The highest BCUT2D eigenvalue weighted by Gasteiger charge is 2.77. The molecule has 0 unspecified atom stereocenters. The zero-order valence-electron chi connectivity index (χ0n) is 13.4. The van der Waals surface area contributed by atoms with Crippen LogP contribution in [-0.2, 0) is 14.4 Å². The number of fused-ring (bicyclic) bond motifs is 2. The molecule has 3 rings (SSSR count). The van der Waals surface area contributed by atoms with Crippen molar-refractivity contribution in [2.75, 3.05) is 5.32 Å². The molecule has 2 fully saturated rings. The van der Waals surface area contributed by atoms with Gasteiger partial charge in [-0.05, 0) is 37.3 Å². The van der Waals surface area contributed by atoms with E-state index in [4.69, 9.17) is 0 Å². The monoisotopic (exact) mass is 299 g/mol. The van der Waals surface area contributed by atoms with Gasteiger partial charge < -0.3 is 5.32 Å². The van der Waals surface area contributed by atoms with Gasteiger partial charge in [0.2, 0.25) is 17.5 Å². The number of nitrogens with one attached hydrogen (secondary N) is 1. The Labute approximate surface area is 130 Å². The summed E-state index contributed by atoms with van der Waals surface area (Å²) in [7, 11) is 0. The highest BCUT2D eigenvalue weighted by atomic mass is 16.2. The molecule has 0 aromatic heterocycles. The molecule has 0 spiro atoms. The minimum atomic E-state index is -1.23. The van der Waals surface area contributed by atoms with Gasteiger partial charge in [0.1, 0.15) is 5.41 Å². The van der Waals surface area contributed by atoms with E-state index >= 15 is 0 Å². The Kier molecular flexibility index (Phi) is 2.91. The van der Waals surface area contributed by atoms with E-state index in [0.717, 1.165) is 5.56 Å². The fourth-order valence-corrected chi connectivity index (χ4v) is 4.15. The maximum atomic E-state index is 12.9. The van der Waals surface area contributed by atoms with Crippen LogP contribution in [0.3, 0.4) is 0 Å². The van der Waals surface area contributed by atoms with Crippen molar-refractivity contribution in [1.29, 1.82) is 0 Å². The average molecular weight is 299 g/mol. The summed E-state index contributed by atoms with van der Waals surface area (Å²) in [5.74, 6) is -1.25. The summed E-state index contributed by atoms with van der Waals surface area (Å²) in [5, 5.41) is 2.84. The first-order valence-corrected chi connectivity index (χ1v) is 7.64. The third-order valence-electron chi connectivity index (χ3n) is 6.24. The number of aryl methyl sites for hydroxylation is 1. The van der Waals surface area contributed by atoms with Crippen molar-refractivity contribution < 1.29 is 14.4 Å². The van der Waals surface area contributed by atoms with Crippen LogP contribution in [0.15, 0.2) is 24.3 Å². The van der Waals surface area contributed by atoms with Gasteiger partial charge in [0.05, 0.1) is 0 Å². The van der Waals surface area contributed by atoms with Crippen molar-refractivity contribution in [3.8, 4) is 0 Å². The number of anilines is 1. The molecule has 22 heavy (non-hydrogen) atoms. The Morgan fingerprint density at radius 3 is 2.09 bits per heavy atom. The summed E-state index contributed by atoms with van der Waals surface area (Å²) < 4.78 is 0. The Morgan fingerprint density at radius 1 is 1.00 bits per heavy atom. The number of amides is 1. The molecule has 1 aromatic rings. The molecule has 2 aliphatic carbocycles. The minimum Gasteiger partial charge on any atom is -0.325 e. The molecule has 2 bridgehead atoms. The highest BCUT2D eigenvalue weighted by molar-refractivity contribution is 6.49. The zero-order chi connectivity index (χ0) is 16.3. The number of carbonyl (C=O) groups is 3. The Hall–Kier alpha value is -1.97. The Balaban J connectivity index is 1.99. The molecule has 2 atom stereocenters. The SMILES string of the molecule is Cc1ccc(NC(=O)[C@@]23CC[C@](C)(C(=O)C2=O)C3(C)C)cc1. The first kappa shape index (κ1) is 14.9. The molecule has 1 N–H and O–H groups in total. The maximum absolute atomic E-state index is 12.9. The second kappa shape index (κ2) is 4.28. The first-order valence-electron chi connectivity index (χ1n) is 7.64. The molecule has 0 aliphatic heterocycles. The van der Waals surface area contributed by atoms with Crippen LogP contribution in [0.2, 0.25) is 0 Å². The van der Waals surface area contributed by atoms with Gasteiger partial charge in [-0.1, -0.05) is 38.5 Å². The number of benzene rings is 1. The molecule has 116 valence electrons. The van der Waals surface area contributed by atoms with Crippen LogP contribution in [0.4, 0.5) is 5.69 Å². The van der Waals surface area contributed by atoms with E-state index in [-0.39, 0.29) is 11.7 Å². The standard InChI is InChI=1S/C18H21NO3/c1-11-5-7-12(8-6-11)19-15(22)18-10-9-17(4,16(18,2)3)13(20)14(18)21/h5-8H,9-10H2,1-4H3,(H,19,22)/t17-,18-/m1/s1. The summed E-state index contributed by atoms with van der Waals surface area (Å²) in [6, 6.07) is 7.43. The molecular formula is C18H21NO3. The van der Waals surface area contributed by atoms with Crippen LogP contribution in [0.5, 0.6) is 0 Å². The highest BCUT2D eigenvalue weighted by Crippen LogP contribution is 2.69. The second-order valence-corrected chi connectivity index (χ2v) is 7.34. The van der Waals surface area contributed by atoms with Gasteiger partial charge in [-0.2, -0.15) is 0 Å². The summed E-state index contributed by atoms with van der Waals surface area (Å²) in [6.07, 6.45) is 1.03. The Morgan fingerprint density at radius 2 is 1.59 bits per heavy atom. The topological polar surface area (TPSA) is 63.2 Å². The predicted octanol–water partition coefficient (Wildman–Crippen LogP) is 2.90. The van der Waals surface area contributed by atoms with Gasteiger partial charge in [0, 0.05) is 11.1 Å². The number of hydrogen-bond acceptors (Lipinski definition) is 3. The zero-order valence-corrected chi connectivity index (χ0v) is 13.4. The number of hydrogen-bond donors (Lipinski definition) is 1. The van der Waals surface area contributed by atoms with Gasteiger partial charge in [-0.15, -0.1) is 0 Å². The molecule has 2 saturated carbocycles. The van der Waals surface area contributed by atoms with Gasteiger partial charge in [0.25, 0.3) is 0 Å². The number of Topliss-reactive ketones (excluding diaryl/α,β-unsaturated/α-hetero) is 2. The second-order valence-electron chi connectivity index (χ2n) is 7.34. The summed E-state index contributed by atoms with van der Waals surface area (Å²) in [5.41, 5.74) is -0.875. The summed E-state index contributed by atoms with van der Waals surface area (Å²) in [4.78, 5) is 37.9. The van der Waals surface area contributed by atoms with Crippen LogP contribution >= 0.6 is 0 Å². The third kappa shape index (κ3) is 1.50. The lowest BCUT2D eigenvalue weighted by Crippen LogP contribution is -2.47. The molecule has 4 nitrogen and oxygen atoms in total.